The zero-order chi connectivity index (χ0) is 10.8. The molecular weight excluding hydrogens is 258 g/mol. The van der Waals surface area contributed by atoms with Crippen molar-refractivity contribution in [3.05, 3.63) is 10.7 Å². The molecule has 1 fully saturated rings. The van der Waals surface area contributed by atoms with Gasteiger partial charge in [-0.1, -0.05) is 6.92 Å². The van der Waals surface area contributed by atoms with E-state index >= 15 is 0 Å². The normalized spacial score (nSPS) is 26.8. The molecule has 2 rings (SSSR count). The van der Waals surface area contributed by atoms with Crippen molar-refractivity contribution in [1.29, 1.82) is 0 Å². The molecular formula is C10H16BrN3O. The summed E-state index contributed by atoms with van der Waals surface area (Å²) in [6.07, 6.45) is 5.17. The van der Waals surface area contributed by atoms with Crippen molar-refractivity contribution in [2.24, 2.45) is 0 Å². The second kappa shape index (κ2) is 4.53. The Kier molecular flexibility index (Phi) is 3.31. The van der Waals surface area contributed by atoms with Gasteiger partial charge >= 0.3 is 0 Å². The number of nitrogen functional groups attached to an aromatic ring is 1. The van der Waals surface area contributed by atoms with Crippen molar-refractivity contribution in [2.45, 2.75) is 38.3 Å². The number of hydrogen-bond donors (Lipinski definition) is 1. The smallest absolute Gasteiger partial charge is 0.136 e. The van der Waals surface area contributed by atoms with Gasteiger partial charge in [0.15, 0.2) is 0 Å². The van der Waals surface area contributed by atoms with Gasteiger partial charge in [-0.2, -0.15) is 5.10 Å². The third kappa shape index (κ3) is 2.18. The van der Waals surface area contributed by atoms with Crippen LogP contribution >= 0.6 is 15.9 Å². The first-order valence-electron chi connectivity index (χ1n) is 5.32. The molecule has 1 aliphatic rings. The first-order valence-corrected chi connectivity index (χ1v) is 6.11. The Morgan fingerprint density at radius 2 is 2.53 bits per heavy atom. The highest BCUT2D eigenvalue weighted by Crippen LogP contribution is 2.30. The van der Waals surface area contributed by atoms with Crippen LogP contribution < -0.4 is 5.73 Å². The second-order valence-corrected chi connectivity index (χ2v) is 4.76. The molecule has 84 valence electrons. The van der Waals surface area contributed by atoms with Crippen LogP contribution in [0, 0.1) is 0 Å². The topological polar surface area (TPSA) is 53.1 Å². The number of halogens is 1. The number of nitrogens with zero attached hydrogens (tertiary/aromatic N) is 2. The standard InChI is InChI=1S/C10H16BrN3O/c1-2-8-5-7(3-4-15-8)14-10(12)9(11)6-13-14/h6-8H,2-5,12H2,1H3. The Balaban J connectivity index is 2.13. The van der Waals surface area contributed by atoms with Gasteiger partial charge in [-0.3, -0.25) is 0 Å². The SMILES string of the molecule is CCC1CC(n2ncc(Br)c2N)CCO1. The Hall–Kier alpha value is -0.550. The summed E-state index contributed by atoms with van der Waals surface area (Å²) in [6, 6.07) is 0.384. The predicted octanol–water partition coefficient (Wildman–Crippen LogP) is 2.36. The van der Waals surface area contributed by atoms with Crippen LogP contribution in [0.1, 0.15) is 32.2 Å². The average molecular weight is 274 g/mol. The van der Waals surface area contributed by atoms with Crippen LogP contribution in [0.25, 0.3) is 0 Å². The van der Waals surface area contributed by atoms with Crippen LogP contribution in [-0.2, 0) is 4.74 Å². The minimum Gasteiger partial charge on any atom is -0.383 e. The number of aromatic nitrogens is 2. The van der Waals surface area contributed by atoms with Gasteiger partial charge in [0.05, 0.1) is 22.8 Å². The van der Waals surface area contributed by atoms with E-state index in [1.807, 2.05) is 4.68 Å². The van der Waals surface area contributed by atoms with Gasteiger partial charge < -0.3 is 10.5 Å². The maximum atomic E-state index is 5.93. The van der Waals surface area contributed by atoms with E-state index < -0.39 is 0 Å². The summed E-state index contributed by atoms with van der Waals surface area (Å²) in [5.74, 6) is 0.719. The fraction of sp³-hybridized carbons (Fsp3) is 0.700. The molecule has 1 saturated heterocycles. The fourth-order valence-corrected chi connectivity index (χ4v) is 2.28. The molecule has 0 aliphatic carbocycles. The molecule has 1 aromatic rings. The van der Waals surface area contributed by atoms with Crippen molar-refractivity contribution >= 4 is 21.7 Å². The van der Waals surface area contributed by atoms with E-state index in [4.69, 9.17) is 10.5 Å². The van der Waals surface area contributed by atoms with E-state index in [2.05, 4.69) is 28.0 Å². The lowest BCUT2D eigenvalue weighted by atomic mass is 10.0. The Morgan fingerprint density at radius 3 is 3.13 bits per heavy atom. The van der Waals surface area contributed by atoms with Crippen molar-refractivity contribution in [3.8, 4) is 0 Å². The summed E-state index contributed by atoms with van der Waals surface area (Å²) in [6.45, 7) is 2.95. The van der Waals surface area contributed by atoms with Gasteiger partial charge in [-0.25, -0.2) is 4.68 Å². The van der Waals surface area contributed by atoms with Gasteiger partial charge in [-0.05, 0) is 35.2 Å². The molecule has 15 heavy (non-hydrogen) atoms. The molecule has 2 N–H and O–H groups in total. The predicted molar refractivity (Wildman–Crippen MR) is 62.6 cm³/mol. The first-order chi connectivity index (χ1) is 7.22. The zero-order valence-corrected chi connectivity index (χ0v) is 10.4. The van der Waals surface area contributed by atoms with E-state index in [-0.39, 0.29) is 0 Å². The highest BCUT2D eigenvalue weighted by Gasteiger charge is 2.24. The Labute approximate surface area is 97.9 Å². The van der Waals surface area contributed by atoms with Crippen molar-refractivity contribution < 1.29 is 4.74 Å². The van der Waals surface area contributed by atoms with Gasteiger partial charge in [0, 0.05) is 6.61 Å². The van der Waals surface area contributed by atoms with E-state index in [1.165, 1.54) is 0 Å². The van der Waals surface area contributed by atoms with Crippen molar-refractivity contribution in [3.63, 3.8) is 0 Å². The van der Waals surface area contributed by atoms with Crippen LogP contribution in [-0.4, -0.2) is 22.5 Å². The highest BCUT2D eigenvalue weighted by atomic mass is 79.9. The lowest BCUT2D eigenvalue weighted by Gasteiger charge is -2.29. The van der Waals surface area contributed by atoms with Crippen LogP contribution in [0.15, 0.2) is 10.7 Å². The number of nitrogens with two attached hydrogens (primary N) is 1. The van der Waals surface area contributed by atoms with Crippen LogP contribution in [0.2, 0.25) is 0 Å². The monoisotopic (exact) mass is 273 g/mol. The van der Waals surface area contributed by atoms with Crippen molar-refractivity contribution in [2.75, 3.05) is 12.3 Å². The van der Waals surface area contributed by atoms with Gasteiger partial charge in [0.2, 0.25) is 0 Å². The third-order valence-electron chi connectivity index (χ3n) is 2.93. The Morgan fingerprint density at radius 1 is 1.73 bits per heavy atom. The molecule has 0 bridgehead atoms. The minimum atomic E-state index is 0.353. The van der Waals surface area contributed by atoms with E-state index in [0.717, 1.165) is 36.2 Å². The van der Waals surface area contributed by atoms with E-state index in [9.17, 15) is 0 Å². The molecule has 2 heterocycles. The number of rotatable bonds is 2. The molecule has 2 unspecified atom stereocenters. The summed E-state index contributed by atoms with van der Waals surface area (Å²) in [4.78, 5) is 0. The molecule has 1 aliphatic heterocycles. The molecule has 0 saturated carbocycles. The zero-order valence-electron chi connectivity index (χ0n) is 8.82. The average Bonchev–Trinajstić information content (AvgIpc) is 2.60. The summed E-state index contributed by atoms with van der Waals surface area (Å²) in [5.41, 5.74) is 5.93. The molecule has 4 nitrogen and oxygen atoms in total. The number of ether oxygens (including phenoxy) is 1. The molecule has 0 radical (unpaired) electrons. The van der Waals surface area contributed by atoms with Crippen LogP contribution in [0.3, 0.4) is 0 Å². The molecule has 1 aromatic heterocycles. The molecule has 0 aromatic carbocycles. The maximum absolute atomic E-state index is 5.93. The number of hydrogen-bond acceptors (Lipinski definition) is 3. The van der Waals surface area contributed by atoms with E-state index in [0.29, 0.717) is 12.1 Å². The second-order valence-electron chi connectivity index (χ2n) is 3.90. The lowest BCUT2D eigenvalue weighted by molar-refractivity contribution is -0.00894. The van der Waals surface area contributed by atoms with Crippen LogP contribution in [0.5, 0.6) is 0 Å². The molecule has 0 spiro atoms. The maximum Gasteiger partial charge on any atom is 0.136 e. The van der Waals surface area contributed by atoms with E-state index in [1.54, 1.807) is 6.20 Å². The largest absolute Gasteiger partial charge is 0.383 e. The summed E-state index contributed by atoms with van der Waals surface area (Å²) in [7, 11) is 0. The Bertz CT molecular complexity index is 339. The van der Waals surface area contributed by atoms with Gasteiger partial charge in [-0.15, -0.1) is 0 Å². The summed E-state index contributed by atoms with van der Waals surface area (Å²) < 4.78 is 8.42. The highest BCUT2D eigenvalue weighted by molar-refractivity contribution is 9.10. The van der Waals surface area contributed by atoms with Crippen LogP contribution in [0.4, 0.5) is 5.82 Å². The van der Waals surface area contributed by atoms with Gasteiger partial charge in [0.25, 0.3) is 0 Å². The molecule has 0 amide bonds. The number of anilines is 1. The minimum absolute atomic E-state index is 0.353. The third-order valence-corrected chi connectivity index (χ3v) is 3.54. The first kappa shape index (κ1) is 11.0. The van der Waals surface area contributed by atoms with Gasteiger partial charge in [0.1, 0.15) is 5.82 Å². The summed E-state index contributed by atoms with van der Waals surface area (Å²) >= 11 is 3.38. The molecule has 5 heteroatoms. The van der Waals surface area contributed by atoms with Crippen molar-refractivity contribution in [1.82, 2.24) is 9.78 Å². The molecule has 2 atom stereocenters. The summed E-state index contributed by atoms with van der Waals surface area (Å²) in [5, 5.41) is 4.30. The lowest BCUT2D eigenvalue weighted by Crippen LogP contribution is -2.28. The fourth-order valence-electron chi connectivity index (χ4n) is 2.01. The quantitative estimate of drug-likeness (QED) is 0.900.